The molecule has 3 aromatic rings. The first-order valence-electron chi connectivity index (χ1n) is 8.03. The van der Waals surface area contributed by atoms with Crippen molar-refractivity contribution in [3.63, 3.8) is 0 Å². The van der Waals surface area contributed by atoms with Crippen molar-refractivity contribution in [1.82, 2.24) is 24.5 Å². The summed E-state index contributed by atoms with van der Waals surface area (Å²) in [5.74, 6) is 0.641. The first-order chi connectivity index (χ1) is 11.7. The van der Waals surface area contributed by atoms with Gasteiger partial charge < -0.3 is 9.88 Å². The van der Waals surface area contributed by atoms with E-state index in [0.717, 1.165) is 48.6 Å². The van der Waals surface area contributed by atoms with Crippen LogP contribution in [0.2, 0.25) is 0 Å². The van der Waals surface area contributed by atoms with E-state index in [1.165, 1.54) is 0 Å². The Morgan fingerprint density at radius 3 is 3.04 bits per heavy atom. The molecule has 1 N–H and O–H groups in total. The monoisotopic (exact) mass is 322 g/mol. The topological polar surface area (TPSA) is 77.6 Å². The Balaban J connectivity index is 1.58. The van der Waals surface area contributed by atoms with Crippen molar-refractivity contribution in [3.05, 3.63) is 48.0 Å². The van der Waals surface area contributed by atoms with Gasteiger partial charge in [0.2, 0.25) is 0 Å². The van der Waals surface area contributed by atoms with E-state index in [2.05, 4.69) is 20.6 Å². The van der Waals surface area contributed by atoms with Gasteiger partial charge in [-0.1, -0.05) is 12.1 Å². The molecule has 0 atom stereocenters. The quantitative estimate of drug-likeness (QED) is 0.802. The number of nitrogens with zero attached hydrogens (tertiary/aromatic N) is 5. The summed E-state index contributed by atoms with van der Waals surface area (Å²) in [5.41, 5.74) is 3.34. The third kappa shape index (κ3) is 2.58. The highest BCUT2D eigenvalue weighted by Gasteiger charge is 2.20. The summed E-state index contributed by atoms with van der Waals surface area (Å²) < 4.78 is 3.78. The summed E-state index contributed by atoms with van der Waals surface area (Å²) in [6, 6.07) is 7.61. The lowest BCUT2D eigenvalue weighted by molar-refractivity contribution is 0.102. The molecule has 1 aliphatic rings. The van der Waals surface area contributed by atoms with E-state index in [9.17, 15) is 4.79 Å². The minimum atomic E-state index is -0.117. The molecule has 24 heavy (non-hydrogen) atoms. The Morgan fingerprint density at radius 2 is 2.21 bits per heavy atom. The molecule has 7 nitrogen and oxygen atoms in total. The van der Waals surface area contributed by atoms with Gasteiger partial charge in [-0.05, 0) is 31.4 Å². The number of amides is 1. The Morgan fingerprint density at radius 1 is 1.29 bits per heavy atom. The summed E-state index contributed by atoms with van der Waals surface area (Å²) in [6.45, 7) is 0.893. The molecule has 0 radical (unpaired) electrons. The third-order valence-corrected chi connectivity index (χ3v) is 4.32. The fraction of sp³-hybridized carbons (Fsp3) is 0.294. The van der Waals surface area contributed by atoms with Gasteiger partial charge in [0.25, 0.3) is 5.91 Å². The van der Waals surface area contributed by atoms with Crippen molar-refractivity contribution in [2.75, 3.05) is 5.32 Å². The minimum absolute atomic E-state index is 0.117. The fourth-order valence-corrected chi connectivity index (χ4v) is 3.09. The molecule has 4 rings (SSSR count). The third-order valence-electron chi connectivity index (χ3n) is 4.32. The average Bonchev–Trinajstić information content (AvgIpc) is 3.21. The van der Waals surface area contributed by atoms with E-state index in [-0.39, 0.29) is 5.91 Å². The molecule has 3 heterocycles. The molecule has 0 aliphatic carbocycles. The maximum Gasteiger partial charge on any atom is 0.259 e. The van der Waals surface area contributed by atoms with E-state index in [4.69, 9.17) is 0 Å². The molecule has 0 bridgehead atoms. The molecule has 0 saturated carbocycles. The fourth-order valence-electron chi connectivity index (χ4n) is 3.09. The minimum Gasteiger partial charge on any atom is -0.322 e. The first kappa shape index (κ1) is 14.6. The van der Waals surface area contributed by atoms with Crippen LogP contribution in [0.1, 0.15) is 28.9 Å². The predicted molar refractivity (Wildman–Crippen MR) is 89.6 cm³/mol. The zero-order valence-electron chi connectivity index (χ0n) is 13.4. The van der Waals surface area contributed by atoms with Crippen LogP contribution in [-0.4, -0.2) is 30.5 Å². The first-order valence-corrected chi connectivity index (χ1v) is 8.03. The normalized spacial score (nSPS) is 13.5. The summed E-state index contributed by atoms with van der Waals surface area (Å²) in [5, 5.41) is 15.3. The summed E-state index contributed by atoms with van der Waals surface area (Å²) in [7, 11) is 1.89. The number of carbonyl (C=O) groups is 1. The van der Waals surface area contributed by atoms with Crippen LogP contribution in [0.15, 0.2) is 36.8 Å². The second-order valence-corrected chi connectivity index (χ2v) is 5.99. The molecule has 0 unspecified atom stereocenters. The molecule has 1 aromatic carbocycles. The van der Waals surface area contributed by atoms with Crippen LogP contribution in [0.4, 0.5) is 5.69 Å². The van der Waals surface area contributed by atoms with Gasteiger partial charge in [0.15, 0.2) is 5.82 Å². The molecule has 2 aromatic heterocycles. The van der Waals surface area contributed by atoms with E-state index in [1.807, 2.05) is 40.6 Å². The van der Waals surface area contributed by atoms with Crippen LogP contribution in [0.5, 0.6) is 0 Å². The van der Waals surface area contributed by atoms with E-state index in [0.29, 0.717) is 5.56 Å². The lowest BCUT2D eigenvalue weighted by atomic mass is 10.1. The summed E-state index contributed by atoms with van der Waals surface area (Å²) in [4.78, 5) is 12.6. The number of hydrogen-bond donors (Lipinski definition) is 1. The maximum absolute atomic E-state index is 12.6. The highest BCUT2D eigenvalue weighted by Crippen LogP contribution is 2.22. The van der Waals surface area contributed by atoms with Gasteiger partial charge in [0.05, 0.1) is 17.5 Å². The zero-order chi connectivity index (χ0) is 16.5. The van der Waals surface area contributed by atoms with Crippen LogP contribution >= 0.6 is 0 Å². The number of carbonyl (C=O) groups excluding carboxylic acids is 1. The SMILES string of the molecule is Cn1cnnc1-c1cccc(NC(=O)c2cnn3c2CCCC3)c1. The Labute approximate surface area is 139 Å². The van der Waals surface area contributed by atoms with Gasteiger partial charge in [0, 0.05) is 24.8 Å². The summed E-state index contributed by atoms with van der Waals surface area (Å²) in [6.07, 6.45) is 6.45. The summed E-state index contributed by atoms with van der Waals surface area (Å²) >= 11 is 0. The number of aryl methyl sites for hydroxylation is 2. The number of aromatic nitrogens is 5. The predicted octanol–water partition coefficient (Wildman–Crippen LogP) is 2.27. The smallest absolute Gasteiger partial charge is 0.259 e. The number of fused-ring (bicyclic) bond motifs is 1. The molecular weight excluding hydrogens is 304 g/mol. The number of nitrogens with one attached hydrogen (secondary N) is 1. The lowest BCUT2D eigenvalue weighted by Crippen LogP contribution is -2.17. The van der Waals surface area contributed by atoms with Crippen LogP contribution in [0.25, 0.3) is 11.4 Å². The van der Waals surface area contributed by atoms with Gasteiger partial charge in [-0.2, -0.15) is 5.10 Å². The van der Waals surface area contributed by atoms with E-state index >= 15 is 0 Å². The molecule has 0 saturated heterocycles. The second-order valence-electron chi connectivity index (χ2n) is 5.99. The largest absolute Gasteiger partial charge is 0.322 e. The average molecular weight is 322 g/mol. The molecule has 1 aliphatic heterocycles. The Kier molecular flexibility index (Phi) is 3.60. The van der Waals surface area contributed by atoms with Crippen molar-refractivity contribution in [2.45, 2.75) is 25.8 Å². The van der Waals surface area contributed by atoms with Gasteiger partial charge in [-0.25, -0.2) is 0 Å². The van der Waals surface area contributed by atoms with Crippen molar-refractivity contribution in [2.24, 2.45) is 7.05 Å². The number of hydrogen-bond acceptors (Lipinski definition) is 4. The molecule has 1 amide bonds. The van der Waals surface area contributed by atoms with Crippen molar-refractivity contribution in [1.29, 1.82) is 0 Å². The van der Waals surface area contributed by atoms with Crippen LogP contribution in [-0.2, 0) is 20.0 Å². The maximum atomic E-state index is 12.6. The van der Waals surface area contributed by atoms with Crippen molar-refractivity contribution in [3.8, 4) is 11.4 Å². The van der Waals surface area contributed by atoms with Crippen molar-refractivity contribution < 1.29 is 4.79 Å². The Hall–Kier alpha value is -2.96. The molecule has 122 valence electrons. The van der Waals surface area contributed by atoms with E-state index in [1.54, 1.807) is 12.5 Å². The molecular formula is C17H18N6O. The van der Waals surface area contributed by atoms with Crippen LogP contribution in [0.3, 0.4) is 0 Å². The molecule has 0 spiro atoms. The Bertz CT molecular complexity index is 894. The number of benzene rings is 1. The van der Waals surface area contributed by atoms with E-state index < -0.39 is 0 Å². The highest BCUT2D eigenvalue weighted by atomic mass is 16.1. The van der Waals surface area contributed by atoms with Crippen LogP contribution < -0.4 is 5.32 Å². The highest BCUT2D eigenvalue weighted by molar-refractivity contribution is 6.05. The molecule has 0 fully saturated rings. The van der Waals surface area contributed by atoms with Gasteiger partial charge in [-0.3, -0.25) is 9.48 Å². The lowest BCUT2D eigenvalue weighted by Gasteiger charge is -2.14. The number of anilines is 1. The number of rotatable bonds is 3. The van der Waals surface area contributed by atoms with Crippen molar-refractivity contribution >= 4 is 11.6 Å². The van der Waals surface area contributed by atoms with Gasteiger partial charge in [-0.15, -0.1) is 10.2 Å². The second kappa shape index (κ2) is 5.92. The van der Waals surface area contributed by atoms with Crippen LogP contribution in [0, 0.1) is 0 Å². The van der Waals surface area contributed by atoms with Gasteiger partial charge >= 0.3 is 0 Å². The van der Waals surface area contributed by atoms with Gasteiger partial charge in [0.1, 0.15) is 6.33 Å². The zero-order valence-corrected chi connectivity index (χ0v) is 13.4. The standard InChI is InChI=1S/C17H18N6O/c1-22-11-18-21-16(22)12-5-4-6-13(9-12)20-17(24)14-10-19-23-8-3-2-7-15(14)23/h4-6,9-11H,2-3,7-8H2,1H3,(H,20,24). The molecule has 7 heteroatoms.